The highest BCUT2D eigenvalue weighted by Gasteiger charge is 2.29. The normalized spacial score (nSPS) is 15.5. The molecule has 138 valence electrons. The second-order valence-electron chi connectivity index (χ2n) is 6.50. The van der Waals surface area contributed by atoms with Crippen molar-refractivity contribution in [2.75, 3.05) is 25.0 Å². The number of hydrogen-bond donors (Lipinski definition) is 2. The van der Waals surface area contributed by atoms with Crippen LogP contribution in [0.2, 0.25) is 0 Å². The Morgan fingerprint density at radius 3 is 2.73 bits per heavy atom. The van der Waals surface area contributed by atoms with Crippen molar-refractivity contribution in [1.82, 2.24) is 9.62 Å². The number of amides is 1. The number of carbonyl (C=O) groups excluding carboxylic acids is 1. The van der Waals surface area contributed by atoms with Crippen molar-refractivity contribution < 1.29 is 13.2 Å². The highest BCUT2D eigenvalue weighted by atomic mass is 32.2. The average molecular weight is 373 g/mol. The van der Waals surface area contributed by atoms with E-state index >= 15 is 0 Å². The number of piperazine rings is 1. The quantitative estimate of drug-likeness (QED) is 0.841. The first kappa shape index (κ1) is 18.4. The summed E-state index contributed by atoms with van der Waals surface area (Å²) in [6, 6.07) is 13.0. The summed E-state index contributed by atoms with van der Waals surface area (Å²) in [6.45, 7) is 5.20. The highest BCUT2D eigenvalue weighted by Crippen LogP contribution is 2.21. The minimum Gasteiger partial charge on any atom is -0.381 e. The third-order valence-electron chi connectivity index (χ3n) is 4.46. The maximum atomic E-state index is 12.8. The van der Waals surface area contributed by atoms with Crippen molar-refractivity contribution >= 4 is 21.6 Å². The van der Waals surface area contributed by atoms with Crippen LogP contribution in [0.15, 0.2) is 47.4 Å². The molecule has 0 radical (unpaired) electrons. The number of nitrogens with one attached hydrogen (secondary N) is 2. The van der Waals surface area contributed by atoms with Gasteiger partial charge in [-0.15, -0.1) is 0 Å². The molecule has 1 fully saturated rings. The van der Waals surface area contributed by atoms with Crippen molar-refractivity contribution in [3.63, 3.8) is 0 Å². The first-order valence-electron chi connectivity index (χ1n) is 8.53. The number of nitrogens with zero attached hydrogens (tertiary/aromatic N) is 1. The first-order valence-corrected chi connectivity index (χ1v) is 9.97. The van der Waals surface area contributed by atoms with Gasteiger partial charge in [-0.2, -0.15) is 4.31 Å². The van der Waals surface area contributed by atoms with Crippen LogP contribution < -0.4 is 10.6 Å². The second kappa shape index (κ2) is 7.47. The van der Waals surface area contributed by atoms with E-state index in [4.69, 9.17) is 0 Å². The molecule has 1 aliphatic rings. The van der Waals surface area contributed by atoms with E-state index in [1.165, 1.54) is 21.0 Å². The molecule has 6 nitrogen and oxygen atoms in total. The smallest absolute Gasteiger partial charge is 0.243 e. The SMILES string of the molecule is Cc1ccc(C)c(CNc2cccc(S(=O)(=O)N3CCNC(=O)C3)c2)c1. The Morgan fingerprint density at radius 2 is 1.96 bits per heavy atom. The number of hydrogen-bond acceptors (Lipinski definition) is 4. The van der Waals surface area contributed by atoms with Crippen LogP contribution in [0.3, 0.4) is 0 Å². The minimum atomic E-state index is -3.68. The average Bonchev–Trinajstić information content (AvgIpc) is 2.63. The monoisotopic (exact) mass is 373 g/mol. The van der Waals surface area contributed by atoms with E-state index in [0.717, 1.165) is 5.69 Å². The summed E-state index contributed by atoms with van der Waals surface area (Å²) in [4.78, 5) is 11.7. The molecule has 0 unspecified atom stereocenters. The van der Waals surface area contributed by atoms with Gasteiger partial charge in [-0.05, 0) is 43.2 Å². The molecule has 2 aromatic rings. The van der Waals surface area contributed by atoms with Crippen LogP contribution in [-0.2, 0) is 21.4 Å². The fraction of sp³-hybridized carbons (Fsp3) is 0.316. The Morgan fingerprint density at radius 1 is 1.15 bits per heavy atom. The summed E-state index contributed by atoms with van der Waals surface area (Å²) in [7, 11) is -3.68. The number of benzene rings is 2. The Bertz CT molecular complexity index is 925. The van der Waals surface area contributed by atoms with E-state index < -0.39 is 10.0 Å². The maximum Gasteiger partial charge on any atom is 0.243 e. The zero-order valence-corrected chi connectivity index (χ0v) is 15.8. The molecule has 7 heteroatoms. The van der Waals surface area contributed by atoms with Gasteiger partial charge in [0, 0.05) is 25.3 Å². The molecule has 2 N–H and O–H groups in total. The summed E-state index contributed by atoms with van der Waals surface area (Å²) < 4.78 is 26.8. The zero-order valence-electron chi connectivity index (χ0n) is 15.0. The van der Waals surface area contributed by atoms with Gasteiger partial charge >= 0.3 is 0 Å². The first-order chi connectivity index (χ1) is 12.4. The summed E-state index contributed by atoms with van der Waals surface area (Å²) in [5.74, 6) is -0.274. The molecule has 26 heavy (non-hydrogen) atoms. The van der Waals surface area contributed by atoms with Gasteiger partial charge in [-0.1, -0.05) is 29.8 Å². The Hall–Kier alpha value is -2.38. The van der Waals surface area contributed by atoms with Gasteiger partial charge in [-0.25, -0.2) is 8.42 Å². The molecule has 2 aromatic carbocycles. The molecule has 1 saturated heterocycles. The molecule has 0 aliphatic carbocycles. The lowest BCUT2D eigenvalue weighted by Crippen LogP contribution is -2.49. The summed E-state index contributed by atoms with van der Waals surface area (Å²) in [5, 5.41) is 5.93. The third-order valence-corrected chi connectivity index (χ3v) is 6.30. The summed E-state index contributed by atoms with van der Waals surface area (Å²) >= 11 is 0. The lowest BCUT2D eigenvalue weighted by Gasteiger charge is -2.26. The van der Waals surface area contributed by atoms with Crippen LogP contribution in [0.5, 0.6) is 0 Å². The number of anilines is 1. The zero-order chi connectivity index (χ0) is 18.7. The number of aryl methyl sites for hydroxylation is 2. The molecule has 1 amide bonds. The van der Waals surface area contributed by atoms with E-state index in [1.54, 1.807) is 18.2 Å². The molecule has 3 rings (SSSR count). The lowest BCUT2D eigenvalue weighted by molar-refractivity contribution is -0.122. The van der Waals surface area contributed by atoms with Crippen LogP contribution in [0, 0.1) is 13.8 Å². The van der Waals surface area contributed by atoms with Crippen molar-refractivity contribution in [1.29, 1.82) is 0 Å². The third kappa shape index (κ3) is 4.05. The Kier molecular flexibility index (Phi) is 5.29. The van der Waals surface area contributed by atoms with Crippen LogP contribution in [0.25, 0.3) is 0 Å². The van der Waals surface area contributed by atoms with Crippen molar-refractivity contribution in [3.8, 4) is 0 Å². The standard InChI is InChI=1S/C19H23N3O3S/c1-14-6-7-15(2)16(10-14)12-21-17-4-3-5-18(11-17)26(24,25)22-9-8-20-19(23)13-22/h3-7,10-11,21H,8-9,12-13H2,1-2H3,(H,20,23). The number of carbonyl (C=O) groups is 1. The van der Waals surface area contributed by atoms with Crippen LogP contribution in [0.1, 0.15) is 16.7 Å². The molecule has 0 aromatic heterocycles. The van der Waals surface area contributed by atoms with Crippen molar-refractivity contribution in [2.24, 2.45) is 0 Å². The highest BCUT2D eigenvalue weighted by molar-refractivity contribution is 7.89. The van der Waals surface area contributed by atoms with Gasteiger partial charge in [0.1, 0.15) is 0 Å². The molecule has 0 atom stereocenters. The minimum absolute atomic E-state index is 0.136. The molecular formula is C19H23N3O3S. The van der Waals surface area contributed by atoms with Crippen LogP contribution in [0.4, 0.5) is 5.69 Å². The molecule has 1 heterocycles. The van der Waals surface area contributed by atoms with E-state index in [-0.39, 0.29) is 23.9 Å². The topological polar surface area (TPSA) is 78.5 Å². The largest absolute Gasteiger partial charge is 0.381 e. The van der Waals surface area contributed by atoms with Gasteiger partial charge < -0.3 is 10.6 Å². The van der Waals surface area contributed by atoms with Crippen molar-refractivity contribution in [2.45, 2.75) is 25.3 Å². The lowest BCUT2D eigenvalue weighted by atomic mass is 10.1. The van der Waals surface area contributed by atoms with E-state index in [0.29, 0.717) is 13.1 Å². The molecule has 0 bridgehead atoms. The number of sulfonamides is 1. The van der Waals surface area contributed by atoms with E-state index in [2.05, 4.69) is 35.8 Å². The fourth-order valence-corrected chi connectivity index (χ4v) is 4.37. The number of rotatable bonds is 5. The van der Waals surface area contributed by atoms with Gasteiger partial charge in [0.05, 0.1) is 11.4 Å². The van der Waals surface area contributed by atoms with Gasteiger partial charge in [0.2, 0.25) is 15.9 Å². The summed E-state index contributed by atoms with van der Waals surface area (Å²) in [5.41, 5.74) is 4.28. The molecule has 1 aliphatic heterocycles. The maximum absolute atomic E-state index is 12.8. The summed E-state index contributed by atoms with van der Waals surface area (Å²) in [6.07, 6.45) is 0. The van der Waals surface area contributed by atoms with E-state index in [1.807, 2.05) is 13.0 Å². The van der Waals surface area contributed by atoms with Gasteiger partial charge in [-0.3, -0.25) is 4.79 Å². The van der Waals surface area contributed by atoms with Gasteiger partial charge in [0.15, 0.2) is 0 Å². The predicted octanol–water partition coefficient (Wildman–Crippen LogP) is 2.04. The molecule has 0 spiro atoms. The predicted molar refractivity (Wildman–Crippen MR) is 101 cm³/mol. The Labute approximate surface area is 154 Å². The van der Waals surface area contributed by atoms with Crippen LogP contribution in [-0.4, -0.2) is 38.3 Å². The fourth-order valence-electron chi connectivity index (χ4n) is 2.92. The second-order valence-corrected chi connectivity index (χ2v) is 8.44. The van der Waals surface area contributed by atoms with E-state index in [9.17, 15) is 13.2 Å². The van der Waals surface area contributed by atoms with Gasteiger partial charge in [0.25, 0.3) is 0 Å². The Balaban J connectivity index is 1.77. The van der Waals surface area contributed by atoms with Crippen molar-refractivity contribution in [3.05, 3.63) is 59.2 Å². The molecular weight excluding hydrogens is 350 g/mol. The van der Waals surface area contributed by atoms with Crippen LogP contribution >= 0.6 is 0 Å². The molecule has 0 saturated carbocycles.